The Balaban J connectivity index is 1.68. The molecule has 1 fully saturated rings. The maximum absolute atomic E-state index is 12.4. The van der Waals surface area contributed by atoms with Gasteiger partial charge in [-0.25, -0.2) is 0 Å². The maximum atomic E-state index is 12.4. The third-order valence-electron chi connectivity index (χ3n) is 4.41. The fourth-order valence-electron chi connectivity index (χ4n) is 2.96. The first kappa shape index (κ1) is 16.2. The number of rotatable bonds is 4. The SMILES string of the molecule is CCc1ccc(OC(=O)[C@H]2CC(=O)N(c3ccccc3C)C2)cc1. The fourth-order valence-corrected chi connectivity index (χ4v) is 2.96. The van der Waals surface area contributed by atoms with Gasteiger partial charge in [-0.15, -0.1) is 0 Å². The van der Waals surface area contributed by atoms with Gasteiger partial charge in [-0.3, -0.25) is 9.59 Å². The molecule has 1 amide bonds. The number of anilines is 1. The van der Waals surface area contributed by atoms with E-state index >= 15 is 0 Å². The second-order valence-corrected chi connectivity index (χ2v) is 6.11. The molecule has 1 aliphatic rings. The van der Waals surface area contributed by atoms with E-state index in [0.717, 1.165) is 17.7 Å². The minimum atomic E-state index is -0.428. The van der Waals surface area contributed by atoms with Crippen molar-refractivity contribution in [2.75, 3.05) is 11.4 Å². The summed E-state index contributed by atoms with van der Waals surface area (Å²) in [5.74, 6) is -0.279. The average Bonchev–Trinajstić information content (AvgIpc) is 2.98. The molecule has 1 atom stereocenters. The lowest BCUT2D eigenvalue weighted by Gasteiger charge is -2.18. The third kappa shape index (κ3) is 3.32. The van der Waals surface area contributed by atoms with Crippen molar-refractivity contribution in [3.8, 4) is 5.75 Å². The van der Waals surface area contributed by atoms with Crippen LogP contribution in [-0.2, 0) is 16.0 Å². The second kappa shape index (κ2) is 6.87. The molecule has 0 bridgehead atoms. The van der Waals surface area contributed by atoms with Crippen LogP contribution in [0.3, 0.4) is 0 Å². The van der Waals surface area contributed by atoms with E-state index in [4.69, 9.17) is 4.74 Å². The normalized spacial score (nSPS) is 17.2. The summed E-state index contributed by atoms with van der Waals surface area (Å²) in [5.41, 5.74) is 3.08. The Morgan fingerprint density at radius 1 is 1.17 bits per heavy atom. The molecule has 0 unspecified atom stereocenters. The Hall–Kier alpha value is -2.62. The summed E-state index contributed by atoms with van der Waals surface area (Å²) in [6.45, 7) is 4.41. The van der Waals surface area contributed by atoms with Gasteiger partial charge >= 0.3 is 5.97 Å². The predicted molar refractivity (Wildman–Crippen MR) is 93.1 cm³/mol. The number of aryl methyl sites for hydroxylation is 2. The Morgan fingerprint density at radius 2 is 1.88 bits per heavy atom. The number of amides is 1. The standard InChI is InChI=1S/C20H21NO3/c1-3-15-8-10-17(11-9-15)24-20(23)16-12-19(22)21(13-16)18-7-5-4-6-14(18)2/h4-11,16H,3,12-13H2,1-2H3/t16-/m0/s1. The minimum Gasteiger partial charge on any atom is -0.426 e. The lowest BCUT2D eigenvalue weighted by Crippen LogP contribution is -2.27. The molecule has 124 valence electrons. The number of para-hydroxylation sites is 1. The van der Waals surface area contributed by atoms with Crippen LogP contribution in [0.5, 0.6) is 5.75 Å². The summed E-state index contributed by atoms with van der Waals surface area (Å²) in [6, 6.07) is 15.2. The highest BCUT2D eigenvalue weighted by molar-refractivity contribution is 6.00. The summed E-state index contributed by atoms with van der Waals surface area (Å²) in [7, 11) is 0. The molecule has 2 aromatic carbocycles. The Morgan fingerprint density at radius 3 is 2.54 bits per heavy atom. The Kier molecular flexibility index (Phi) is 4.65. The van der Waals surface area contributed by atoms with Crippen LogP contribution in [0.4, 0.5) is 5.69 Å². The maximum Gasteiger partial charge on any atom is 0.316 e. The molecular formula is C20H21NO3. The van der Waals surface area contributed by atoms with Crippen LogP contribution in [0.15, 0.2) is 48.5 Å². The van der Waals surface area contributed by atoms with E-state index in [0.29, 0.717) is 12.3 Å². The van der Waals surface area contributed by atoms with Gasteiger partial charge in [-0.05, 0) is 42.7 Å². The van der Waals surface area contributed by atoms with Crippen LogP contribution in [0.1, 0.15) is 24.5 Å². The summed E-state index contributed by atoms with van der Waals surface area (Å²) in [5, 5.41) is 0. The van der Waals surface area contributed by atoms with E-state index in [9.17, 15) is 9.59 Å². The van der Waals surface area contributed by atoms with Gasteiger partial charge in [0.1, 0.15) is 5.75 Å². The Bertz CT molecular complexity index is 752. The molecule has 3 rings (SSSR count). The highest BCUT2D eigenvalue weighted by Crippen LogP contribution is 2.28. The number of ether oxygens (including phenoxy) is 1. The number of nitrogens with zero attached hydrogens (tertiary/aromatic N) is 1. The second-order valence-electron chi connectivity index (χ2n) is 6.11. The molecule has 0 spiro atoms. The van der Waals surface area contributed by atoms with Gasteiger partial charge in [0.2, 0.25) is 5.91 Å². The number of esters is 1. The van der Waals surface area contributed by atoms with E-state index in [1.165, 1.54) is 5.56 Å². The highest BCUT2D eigenvalue weighted by Gasteiger charge is 2.36. The van der Waals surface area contributed by atoms with Crippen molar-refractivity contribution in [3.05, 3.63) is 59.7 Å². The van der Waals surface area contributed by atoms with Crippen LogP contribution in [0.2, 0.25) is 0 Å². The molecule has 0 aromatic heterocycles. The first-order chi connectivity index (χ1) is 11.6. The van der Waals surface area contributed by atoms with Gasteiger partial charge in [0.05, 0.1) is 5.92 Å². The molecule has 24 heavy (non-hydrogen) atoms. The number of hydrogen-bond acceptors (Lipinski definition) is 3. The topological polar surface area (TPSA) is 46.6 Å². The van der Waals surface area contributed by atoms with E-state index < -0.39 is 5.92 Å². The Labute approximate surface area is 142 Å². The van der Waals surface area contributed by atoms with Crippen LogP contribution < -0.4 is 9.64 Å². The summed E-state index contributed by atoms with van der Waals surface area (Å²) in [4.78, 5) is 26.4. The van der Waals surface area contributed by atoms with E-state index in [2.05, 4.69) is 6.92 Å². The largest absolute Gasteiger partial charge is 0.426 e. The smallest absolute Gasteiger partial charge is 0.316 e. The van der Waals surface area contributed by atoms with Crippen molar-refractivity contribution in [1.29, 1.82) is 0 Å². The predicted octanol–water partition coefficient (Wildman–Crippen LogP) is 3.52. The van der Waals surface area contributed by atoms with Crippen molar-refractivity contribution in [1.82, 2.24) is 0 Å². The van der Waals surface area contributed by atoms with Crippen molar-refractivity contribution < 1.29 is 14.3 Å². The molecule has 0 radical (unpaired) electrons. The first-order valence-corrected chi connectivity index (χ1v) is 8.25. The van der Waals surface area contributed by atoms with E-state index in [1.807, 2.05) is 43.3 Å². The lowest BCUT2D eigenvalue weighted by molar-refractivity contribution is -0.139. The van der Waals surface area contributed by atoms with Gasteiger partial charge in [-0.2, -0.15) is 0 Å². The van der Waals surface area contributed by atoms with Gasteiger partial charge in [0.15, 0.2) is 0 Å². The zero-order valence-electron chi connectivity index (χ0n) is 14.0. The van der Waals surface area contributed by atoms with Gasteiger partial charge in [0.25, 0.3) is 0 Å². The van der Waals surface area contributed by atoms with Crippen LogP contribution in [0.25, 0.3) is 0 Å². The quantitative estimate of drug-likeness (QED) is 0.639. The van der Waals surface area contributed by atoms with Crippen molar-refractivity contribution >= 4 is 17.6 Å². The molecule has 1 saturated heterocycles. The number of benzene rings is 2. The number of carbonyl (C=O) groups excluding carboxylic acids is 2. The first-order valence-electron chi connectivity index (χ1n) is 8.25. The van der Waals surface area contributed by atoms with E-state index in [-0.39, 0.29) is 18.3 Å². The van der Waals surface area contributed by atoms with Crippen molar-refractivity contribution in [2.24, 2.45) is 5.92 Å². The third-order valence-corrected chi connectivity index (χ3v) is 4.41. The van der Waals surface area contributed by atoms with Gasteiger partial charge in [0, 0.05) is 18.7 Å². The van der Waals surface area contributed by atoms with Crippen molar-refractivity contribution in [3.63, 3.8) is 0 Å². The summed E-state index contributed by atoms with van der Waals surface area (Å²) in [6.07, 6.45) is 1.14. The molecule has 2 aromatic rings. The van der Waals surface area contributed by atoms with E-state index in [1.54, 1.807) is 17.0 Å². The minimum absolute atomic E-state index is 0.0346. The zero-order valence-corrected chi connectivity index (χ0v) is 14.0. The molecule has 1 aliphatic heterocycles. The zero-order chi connectivity index (χ0) is 17.1. The summed E-state index contributed by atoms with van der Waals surface area (Å²) >= 11 is 0. The number of carbonyl (C=O) groups is 2. The molecule has 0 aliphatic carbocycles. The van der Waals surface area contributed by atoms with Crippen LogP contribution in [0, 0.1) is 12.8 Å². The summed E-state index contributed by atoms with van der Waals surface area (Å²) < 4.78 is 5.44. The highest BCUT2D eigenvalue weighted by atomic mass is 16.5. The van der Waals surface area contributed by atoms with Crippen LogP contribution in [-0.4, -0.2) is 18.4 Å². The molecule has 4 heteroatoms. The number of hydrogen-bond donors (Lipinski definition) is 0. The van der Waals surface area contributed by atoms with Crippen LogP contribution >= 0.6 is 0 Å². The molecule has 0 N–H and O–H groups in total. The fraction of sp³-hybridized carbons (Fsp3) is 0.300. The van der Waals surface area contributed by atoms with Crippen molar-refractivity contribution in [2.45, 2.75) is 26.7 Å². The monoisotopic (exact) mass is 323 g/mol. The average molecular weight is 323 g/mol. The lowest BCUT2D eigenvalue weighted by atomic mass is 10.1. The molecule has 0 saturated carbocycles. The molecule has 4 nitrogen and oxygen atoms in total. The van der Waals surface area contributed by atoms with Gasteiger partial charge < -0.3 is 9.64 Å². The molecular weight excluding hydrogens is 302 g/mol. The van der Waals surface area contributed by atoms with Gasteiger partial charge in [-0.1, -0.05) is 37.3 Å². The molecule has 1 heterocycles.